The zero-order valence-corrected chi connectivity index (χ0v) is 10.7. The number of primary amides is 2. The van der Waals surface area contributed by atoms with Crippen molar-refractivity contribution in [1.82, 2.24) is 0 Å². The number of carbonyl (C=O) groups excluding carboxylic acids is 2. The molecule has 8 nitrogen and oxygen atoms in total. The van der Waals surface area contributed by atoms with E-state index in [1.807, 2.05) is 0 Å². The first-order chi connectivity index (χ1) is 9.23. The van der Waals surface area contributed by atoms with Gasteiger partial charge in [-0.2, -0.15) is 0 Å². The molecule has 8 heteroatoms. The highest BCUT2D eigenvalue weighted by molar-refractivity contribution is 5.97. The van der Waals surface area contributed by atoms with Gasteiger partial charge in [-0.15, -0.1) is 0 Å². The van der Waals surface area contributed by atoms with Crippen LogP contribution in [0.15, 0.2) is 23.3 Å². The molecule has 0 aliphatic heterocycles. The minimum atomic E-state index is -1.25. The molecule has 0 radical (unpaired) electrons. The molecule has 0 saturated heterocycles. The third kappa shape index (κ3) is 7.64. The Bertz CT molecular complexity index is 434. The van der Waals surface area contributed by atoms with Crippen LogP contribution in [0.2, 0.25) is 0 Å². The van der Waals surface area contributed by atoms with Gasteiger partial charge in [0.25, 0.3) is 0 Å². The number of unbranched alkanes of at least 4 members (excludes halogenated alkanes) is 1. The Morgan fingerprint density at radius 1 is 0.750 bits per heavy atom. The lowest BCUT2D eigenvalue weighted by molar-refractivity contribution is -0.134. The van der Waals surface area contributed by atoms with Crippen LogP contribution in [0.4, 0.5) is 0 Å². The molecule has 0 rings (SSSR count). The normalized spacial score (nSPS) is 12.0. The molecule has 0 aliphatic carbocycles. The molecule has 20 heavy (non-hydrogen) atoms. The number of hydrogen-bond donors (Lipinski definition) is 4. The van der Waals surface area contributed by atoms with Gasteiger partial charge in [0.1, 0.15) is 0 Å². The average Bonchev–Trinajstić information content (AvgIpc) is 2.29. The lowest BCUT2D eigenvalue weighted by Gasteiger charge is -2.03. The second kappa shape index (κ2) is 8.46. The fraction of sp³-hybridized carbons (Fsp3) is 0.333. The third-order valence-electron chi connectivity index (χ3n) is 2.32. The largest absolute Gasteiger partial charge is 0.478 e. The number of rotatable bonds is 9. The van der Waals surface area contributed by atoms with Gasteiger partial charge in [-0.3, -0.25) is 9.59 Å². The second-order valence-electron chi connectivity index (χ2n) is 3.96. The number of nitrogens with two attached hydrogens (primary N) is 2. The summed E-state index contributed by atoms with van der Waals surface area (Å²) in [5.74, 6) is -4.23. The van der Waals surface area contributed by atoms with E-state index in [4.69, 9.17) is 21.7 Å². The monoisotopic (exact) mass is 284 g/mol. The minimum absolute atomic E-state index is 0.0712. The Balaban J connectivity index is 4.43. The number of aliphatic carboxylic acids is 2. The number of carboxylic acid groups (broad SMARTS) is 2. The van der Waals surface area contributed by atoms with Crippen LogP contribution in [0.3, 0.4) is 0 Å². The molecule has 0 spiro atoms. The summed E-state index contributed by atoms with van der Waals surface area (Å²) in [5.41, 5.74) is 9.43. The first kappa shape index (κ1) is 17.4. The summed E-state index contributed by atoms with van der Waals surface area (Å²) in [5, 5.41) is 17.6. The summed E-state index contributed by atoms with van der Waals surface area (Å²) in [6.45, 7) is 0. The van der Waals surface area contributed by atoms with Crippen molar-refractivity contribution in [1.29, 1.82) is 0 Å². The lowest BCUT2D eigenvalue weighted by Crippen LogP contribution is -2.12. The van der Waals surface area contributed by atoms with Crippen molar-refractivity contribution in [2.75, 3.05) is 0 Å². The van der Waals surface area contributed by atoms with Gasteiger partial charge < -0.3 is 21.7 Å². The summed E-state index contributed by atoms with van der Waals surface area (Å²) < 4.78 is 0. The van der Waals surface area contributed by atoms with Crippen molar-refractivity contribution >= 4 is 23.8 Å². The highest BCUT2D eigenvalue weighted by atomic mass is 16.4. The predicted octanol–water partition coefficient (Wildman–Crippen LogP) is -0.461. The van der Waals surface area contributed by atoms with E-state index < -0.39 is 23.8 Å². The van der Waals surface area contributed by atoms with Crippen molar-refractivity contribution < 1.29 is 29.4 Å². The standard InChI is InChI=1S/C12H16N2O6/c13-9(15)5-7(11(17)18)3-1-2-4-8(12(19)20)6-10(14)16/h5-6H,1-4H2,(H2,13,15)(H2,14,16)(H,17,18)(H,19,20). The van der Waals surface area contributed by atoms with Gasteiger partial charge in [0.05, 0.1) is 0 Å². The Morgan fingerprint density at radius 2 is 1.05 bits per heavy atom. The maximum atomic E-state index is 10.8. The van der Waals surface area contributed by atoms with Crippen molar-refractivity contribution in [3.63, 3.8) is 0 Å². The molecule has 2 amide bonds. The summed E-state index contributed by atoms with van der Waals surface area (Å²) >= 11 is 0. The van der Waals surface area contributed by atoms with E-state index in [2.05, 4.69) is 0 Å². The van der Waals surface area contributed by atoms with E-state index in [1.165, 1.54) is 0 Å². The van der Waals surface area contributed by atoms with Crippen molar-refractivity contribution in [3.05, 3.63) is 23.3 Å². The number of hydrogen-bond acceptors (Lipinski definition) is 4. The molecule has 6 N–H and O–H groups in total. The summed E-state index contributed by atoms with van der Waals surface area (Å²) in [6.07, 6.45) is 2.44. The van der Waals surface area contributed by atoms with Gasteiger partial charge in [0, 0.05) is 23.3 Å². The van der Waals surface area contributed by atoms with Crippen LogP contribution >= 0.6 is 0 Å². The van der Waals surface area contributed by atoms with Crippen LogP contribution in [0.5, 0.6) is 0 Å². The quantitative estimate of drug-likeness (QED) is 0.331. The van der Waals surface area contributed by atoms with Crippen LogP contribution in [0.1, 0.15) is 25.7 Å². The average molecular weight is 284 g/mol. The fourth-order valence-corrected chi connectivity index (χ4v) is 1.46. The van der Waals surface area contributed by atoms with Crippen molar-refractivity contribution in [2.45, 2.75) is 25.7 Å². The molecule has 0 heterocycles. The smallest absolute Gasteiger partial charge is 0.331 e. The van der Waals surface area contributed by atoms with E-state index in [1.54, 1.807) is 0 Å². The molecule has 0 unspecified atom stereocenters. The molecule has 0 aromatic heterocycles. The minimum Gasteiger partial charge on any atom is -0.478 e. The molecule has 110 valence electrons. The van der Waals surface area contributed by atoms with Crippen molar-refractivity contribution in [2.24, 2.45) is 11.5 Å². The van der Waals surface area contributed by atoms with Crippen molar-refractivity contribution in [3.8, 4) is 0 Å². The van der Waals surface area contributed by atoms with E-state index in [9.17, 15) is 19.2 Å². The van der Waals surface area contributed by atoms with Gasteiger partial charge in [0.15, 0.2) is 0 Å². The lowest BCUT2D eigenvalue weighted by atomic mass is 10.0. The third-order valence-corrected chi connectivity index (χ3v) is 2.32. The molecule has 0 bridgehead atoms. The van der Waals surface area contributed by atoms with E-state index in [0.29, 0.717) is 12.8 Å². The molecule has 0 atom stereocenters. The first-order valence-corrected chi connectivity index (χ1v) is 5.70. The molecule has 0 aromatic rings. The SMILES string of the molecule is NC(=O)C=C(CCCCC(=CC(N)=O)C(=O)O)C(=O)O. The maximum Gasteiger partial charge on any atom is 0.331 e. The van der Waals surface area contributed by atoms with Gasteiger partial charge in [-0.25, -0.2) is 9.59 Å². The van der Waals surface area contributed by atoms with Gasteiger partial charge in [-0.05, 0) is 25.7 Å². The summed E-state index contributed by atoms with van der Waals surface area (Å²) in [4.78, 5) is 42.8. The zero-order valence-electron chi connectivity index (χ0n) is 10.7. The van der Waals surface area contributed by atoms with Gasteiger partial charge in [0.2, 0.25) is 11.8 Å². The Kier molecular flexibility index (Phi) is 7.34. The highest BCUT2D eigenvalue weighted by Gasteiger charge is 2.11. The molecule has 0 aliphatic rings. The highest BCUT2D eigenvalue weighted by Crippen LogP contribution is 2.13. The summed E-state index contributed by atoms with van der Waals surface area (Å²) in [6, 6.07) is 0. The number of carboxylic acids is 2. The van der Waals surface area contributed by atoms with E-state index >= 15 is 0 Å². The van der Waals surface area contributed by atoms with Crippen LogP contribution < -0.4 is 11.5 Å². The van der Waals surface area contributed by atoms with Crippen LogP contribution in [-0.2, 0) is 19.2 Å². The maximum absolute atomic E-state index is 10.8. The Morgan fingerprint density at radius 3 is 1.25 bits per heavy atom. The molecule has 0 fully saturated rings. The molecule has 0 saturated carbocycles. The van der Waals surface area contributed by atoms with Crippen LogP contribution in [0, 0.1) is 0 Å². The molecular formula is C12H16N2O6. The Hall–Kier alpha value is -2.64. The van der Waals surface area contributed by atoms with E-state index in [-0.39, 0.29) is 24.0 Å². The summed E-state index contributed by atoms with van der Waals surface area (Å²) in [7, 11) is 0. The predicted molar refractivity (Wildman–Crippen MR) is 68.3 cm³/mol. The number of amides is 2. The second-order valence-corrected chi connectivity index (χ2v) is 3.96. The first-order valence-electron chi connectivity index (χ1n) is 5.70. The van der Waals surface area contributed by atoms with Crippen LogP contribution in [-0.4, -0.2) is 34.0 Å². The zero-order chi connectivity index (χ0) is 15.7. The van der Waals surface area contributed by atoms with Gasteiger partial charge >= 0.3 is 11.9 Å². The van der Waals surface area contributed by atoms with Gasteiger partial charge in [-0.1, -0.05) is 0 Å². The van der Waals surface area contributed by atoms with Crippen LogP contribution in [0.25, 0.3) is 0 Å². The molecule has 0 aromatic carbocycles. The Labute approximate surface area is 114 Å². The topological polar surface area (TPSA) is 161 Å². The fourth-order valence-electron chi connectivity index (χ4n) is 1.46. The van der Waals surface area contributed by atoms with E-state index in [0.717, 1.165) is 12.2 Å². The number of carbonyl (C=O) groups is 4. The molecular weight excluding hydrogens is 268 g/mol.